The molecule has 0 aromatic carbocycles. The lowest BCUT2D eigenvalue weighted by molar-refractivity contribution is 0.518. The number of nitrogens with zero attached hydrogens (tertiary/aromatic N) is 2. The lowest BCUT2D eigenvalue weighted by Crippen LogP contribution is -2.08. The minimum Gasteiger partial charge on any atom is -0.370 e. The van der Waals surface area contributed by atoms with E-state index >= 15 is 0 Å². The molecule has 0 saturated heterocycles. The van der Waals surface area contributed by atoms with Gasteiger partial charge < -0.3 is 5.32 Å². The van der Waals surface area contributed by atoms with Crippen LogP contribution in [0.1, 0.15) is 43.4 Å². The summed E-state index contributed by atoms with van der Waals surface area (Å²) in [5, 5.41) is 12.2. The number of aryl methyl sites for hydroxylation is 1. The van der Waals surface area contributed by atoms with Crippen LogP contribution in [0.15, 0.2) is 12.1 Å². The fourth-order valence-corrected chi connectivity index (χ4v) is 2.53. The molecule has 0 bridgehead atoms. The van der Waals surface area contributed by atoms with Crippen LogP contribution in [0.4, 0.5) is 5.82 Å². The summed E-state index contributed by atoms with van der Waals surface area (Å²) in [6.07, 6.45) is 6.77. The van der Waals surface area contributed by atoms with Crippen molar-refractivity contribution in [3.63, 3.8) is 0 Å². The second kappa shape index (κ2) is 5.67. The highest BCUT2D eigenvalue weighted by Gasteiger charge is 2.14. The lowest BCUT2D eigenvalue weighted by atomic mass is 10.0. The topological polar surface area (TPSA) is 48.7 Å². The average Bonchev–Trinajstić information content (AvgIpc) is 2.81. The molecular formula is C14H19N3. The van der Waals surface area contributed by atoms with Crippen LogP contribution in [0.5, 0.6) is 0 Å². The van der Waals surface area contributed by atoms with Crippen molar-refractivity contribution in [1.29, 1.82) is 5.26 Å². The first-order chi connectivity index (χ1) is 8.28. The predicted octanol–water partition coefficient (Wildman–Crippen LogP) is 3.25. The molecule has 0 amide bonds. The standard InChI is InChI=1S/C14H19N3/c1-11-8-13(10-15)9-14(17-11)16-7-6-12-4-2-3-5-12/h8-9,12H,2-7H2,1H3,(H,16,17). The molecule has 1 aliphatic rings. The van der Waals surface area contributed by atoms with E-state index < -0.39 is 0 Å². The van der Waals surface area contributed by atoms with Gasteiger partial charge in [-0.05, 0) is 31.4 Å². The van der Waals surface area contributed by atoms with Gasteiger partial charge >= 0.3 is 0 Å². The molecule has 1 N–H and O–H groups in total. The molecule has 3 nitrogen and oxygen atoms in total. The summed E-state index contributed by atoms with van der Waals surface area (Å²) in [4.78, 5) is 4.38. The van der Waals surface area contributed by atoms with E-state index in [-0.39, 0.29) is 0 Å². The van der Waals surface area contributed by atoms with Gasteiger partial charge in [0.25, 0.3) is 0 Å². The molecular weight excluding hydrogens is 210 g/mol. The Labute approximate surface area is 103 Å². The fourth-order valence-electron chi connectivity index (χ4n) is 2.53. The molecule has 2 rings (SSSR count). The van der Waals surface area contributed by atoms with Crippen molar-refractivity contribution >= 4 is 5.82 Å². The van der Waals surface area contributed by atoms with E-state index in [1.54, 1.807) is 0 Å². The van der Waals surface area contributed by atoms with E-state index in [9.17, 15) is 0 Å². The third-order valence-electron chi connectivity index (χ3n) is 3.42. The molecule has 0 radical (unpaired) electrons. The molecule has 3 heteroatoms. The normalized spacial score (nSPS) is 15.8. The van der Waals surface area contributed by atoms with Crippen LogP contribution in [0, 0.1) is 24.2 Å². The van der Waals surface area contributed by atoms with E-state index in [1.807, 2.05) is 19.1 Å². The van der Waals surface area contributed by atoms with Crippen LogP contribution in [-0.4, -0.2) is 11.5 Å². The molecule has 1 saturated carbocycles. The van der Waals surface area contributed by atoms with E-state index in [0.717, 1.165) is 24.0 Å². The van der Waals surface area contributed by atoms with Crippen molar-refractivity contribution < 1.29 is 0 Å². The van der Waals surface area contributed by atoms with Gasteiger partial charge in [0.05, 0.1) is 11.6 Å². The van der Waals surface area contributed by atoms with Gasteiger partial charge in [0.1, 0.15) is 5.82 Å². The number of hydrogen-bond donors (Lipinski definition) is 1. The Morgan fingerprint density at radius 3 is 2.88 bits per heavy atom. The minimum atomic E-state index is 0.681. The average molecular weight is 229 g/mol. The third kappa shape index (κ3) is 3.45. The van der Waals surface area contributed by atoms with Crippen molar-refractivity contribution in [2.45, 2.75) is 39.0 Å². The largest absolute Gasteiger partial charge is 0.370 e. The smallest absolute Gasteiger partial charge is 0.127 e. The second-order valence-electron chi connectivity index (χ2n) is 4.86. The number of rotatable bonds is 4. The highest BCUT2D eigenvalue weighted by Crippen LogP contribution is 2.27. The predicted molar refractivity (Wildman–Crippen MR) is 68.8 cm³/mol. The first kappa shape index (κ1) is 11.9. The lowest BCUT2D eigenvalue weighted by Gasteiger charge is -2.10. The van der Waals surface area contributed by atoms with Crippen LogP contribution >= 0.6 is 0 Å². The monoisotopic (exact) mass is 229 g/mol. The second-order valence-corrected chi connectivity index (χ2v) is 4.86. The number of nitrogens with one attached hydrogen (secondary N) is 1. The highest BCUT2D eigenvalue weighted by molar-refractivity contribution is 5.44. The first-order valence-corrected chi connectivity index (χ1v) is 6.40. The van der Waals surface area contributed by atoms with E-state index in [4.69, 9.17) is 5.26 Å². The van der Waals surface area contributed by atoms with Gasteiger partial charge in [0.2, 0.25) is 0 Å². The summed E-state index contributed by atoms with van der Waals surface area (Å²) >= 11 is 0. The molecule has 1 aromatic heterocycles. The fraction of sp³-hybridized carbons (Fsp3) is 0.571. The minimum absolute atomic E-state index is 0.681. The summed E-state index contributed by atoms with van der Waals surface area (Å²) in [6.45, 7) is 2.88. The molecule has 1 heterocycles. The van der Waals surface area contributed by atoms with Crippen LogP contribution in [-0.2, 0) is 0 Å². The third-order valence-corrected chi connectivity index (χ3v) is 3.42. The zero-order valence-electron chi connectivity index (χ0n) is 10.4. The van der Waals surface area contributed by atoms with Gasteiger partial charge in [0, 0.05) is 12.2 Å². The molecule has 1 fully saturated rings. The molecule has 17 heavy (non-hydrogen) atoms. The zero-order valence-corrected chi connectivity index (χ0v) is 10.4. The zero-order chi connectivity index (χ0) is 12.1. The van der Waals surface area contributed by atoms with Crippen molar-refractivity contribution in [2.24, 2.45) is 5.92 Å². The first-order valence-electron chi connectivity index (χ1n) is 6.40. The molecule has 90 valence electrons. The Hall–Kier alpha value is -1.56. The molecule has 0 atom stereocenters. The summed E-state index contributed by atoms with van der Waals surface area (Å²) < 4.78 is 0. The SMILES string of the molecule is Cc1cc(C#N)cc(NCCC2CCCC2)n1. The van der Waals surface area contributed by atoms with Gasteiger partial charge in [-0.2, -0.15) is 5.26 Å². The van der Waals surface area contributed by atoms with E-state index in [1.165, 1.54) is 32.1 Å². The molecule has 0 unspecified atom stereocenters. The Bertz CT molecular complexity index is 414. The van der Waals surface area contributed by atoms with Crippen LogP contribution in [0.25, 0.3) is 0 Å². The van der Waals surface area contributed by atoms with Crippen LogP contribution in [0.3, 0.4) is 0 Å². The van der Waals surface area contributed by atoms with Crippen LogP contribution < -0.4 is 5.32 Å². The summed E-state index contributed by atoms with van der Waals surface area (Å²) in [6, 6.07) is 5.79. The van der Waals surface area contributed by atoms with Crippen molar-refractivity contribution in [3.8, 4) is 6.07 Å². The number of pyridine rings is 1. The summed E-state index contributed by atoms with van der Waals surface area (Å²) in [5.74, 6) is 1.72. The maximum Gasteiger partial charge on any atom is 0.127 e. The molecule has 1 aliphatic carbocycles. The van der Waals surface area contributed by atoms with Crippen molar-refractivity contribution in [2.75, 3.05) is 11.9 Å². The van der Waals surface area contributed by atoms with Gasteiger partial charge in [-0.25, -0.2) is 4.98 Å². The van der Waals surface area contributed by atoms with E-state index in [0.29, 0.717) is 5.56 Å². The number of anilines is 1. The Kier molecular flexibility index (Phi) is 3.98. The summed E-state index contributed by atoms with van der Waals surface area (Å²) in [7, 11) is 0. The molecule has 0 spiro atoms. The Balaban J connectivity index is 1.85. The Morgan fingerprint density at radius 2 is 2.18 bits per heavy atom. The molecule has 0 aliphatic heterocycles. The quantitative estimate of drug-likeness (QED) is 0.862. The number of aromatic nitrogens is 1. The van der Waals surface area contributed by atoms with Crippen molar-refractivity contribution in [1.82, 2.24) is 4.98 Å². The van der Waals surface area contributed by atoms with Crippen molar-refractivity contribution in [3.05, 3.63) is 23.4 Å². The van der Waals surface area contributed by atoms with E-state index in [2.05, 4.69) is 16.4 Å². The Morgan fingerprint density at radius 1 is 1.41 bits per heavy atom. The highest BCUT2D eigenvalue weighted by atomic mass is 15.0. The maximum absolute atomic E-state index is 8.88. The van der Waals surface area contributed by atoms with Gasteiger partial charge in [0.15, 0.2) is 0 Å². The van der Waals surface area contributed by atoms with Gasteiger partial charge in [-0.1, -0.05) is 25.7 Å². The van der Waals surface area contributed by atoms with Crippen LogP contribution in [0.2, 0.25) is 0 Å². The molecule has 1 aromatic rings. The van der Waals surface area contributed by atoms with Gasteiger partial charge in [-0.3, -0.25) is 0 Å². The number of hydrogen-bond acceptors (Lipinski definition) is 3. The maximum atomic E-state index is 8.88. The summed E-state index contributed by atoms with van der Waals surface area (Å²) in [5.41, 5.74) is 1.58. The van der Waals surface area contributed by atoms with Gasteiger partial charge in [-0.15, -0.1) is 0 Å². The number of nitriles is 1.